The third kappa shape index (κ3) is 4.63. The number of hydrogen-bond acceptors (Lipinski definition) is 7. The van der Waals surface area contributed by atoms with E-state index < -0.39 is 12.6 Å². The standard InChI is InChI=1S/C20H16BrNO6S/c21-18-6-5-16(28-18)20(24)27-12-19(23)22(11-14-2-1-9-29-14)13-3-4-15-17(10-13)26-8-7-25-15/h1-6,9-10H,7-8,11-12H2. The molecule has 0 saturated heterocycles. The summed E-state index contributed by atoms with van der Waals surface area (Å²) in [6.45, 7) is 0.867. The fourth-order valence-electron chi connectivity index (χ4n) is 2.78. The molecule has 0 bridgehead atoms. The highest BCUT2D eigenvalue weighted by molar-refractivity contribution is 9.10. The second-order valence-electron chi connectivity index (χ2n) is 6.07. The molecule has 2 aromatic heterocycles. The van der Waals surface area contributed by atoms with Gasteiger partial charge in [0.15, 0.2) is 22.8 Å². The summed E-state index contributed by atoms with van der Waals surface area (Å²) in [4.78, 5) is 27.6. The van der Waals surface area contributed by atoms with E-state index in [-0.39, 0.29) is 11.7 Å². The molecule has 0 aliphatic carbocycles. The van der Waals surface area contributed by atoms with Crippen molar-refractivity contribution in [3.05, 3.63) is 63.2 Å². The Kier molecular flexibility index (Phi) is 5.86. The number of carbonyl (C=O) groups excluding carboxylic acids is 2. The van der Waals surface area contributed by atoms with Gasteiger partial charge in [0.25, 0.3) is 5.91 Å². The molecule has 3 heterocycles. The number of anilines is 1. The van der Waals surface area contributed by atoms with Gasteiger partial charge in [-0.05, 0) is 51.6 Å². The zero-order valence-electron chi connectivity index (χ0n) is 15.1. The number of rotatable bonds is 6. The van der Waals surface area contributed by atoms with Crippen molar-refractivity contribution >= 4 is 44.8 Å². The number of carbonyl (C=O) groups is 2. The van der Waals surface area contributed by atoms with Crippen molar-refractivity contribution in [2.24, 2.45) is 0 Å². The minimum Gasteiger partial charge on any atom is -0.486 e. The second-order valence-corrected chi connectivity index (χ2v) is 7.88. The Morgan fingerprint density at radius 2 is 1.93 bits per heavy atom. The lowest BCUT2D eigenvalue weighted by atomic mass is 10.2. The SMILES string of the molecule is O=C(OCC(=O)N(Cc1cccs1)c1ccc2c(c1)OCCO2)c1ccc(Br)o1. The van der Waals surface area contributed by atoms with Crippen LogP contribution in [0.1, 0.15) is 15.4 Å². The third-order valence-corrected chi connectivity index (χ3v) is 5.42. The Labute approximate surface area is 178 Å². The summed E-state index contributed by atoms with van der Waals surface area (Å²) in [6.07, 6.45) is 0. The van der Waals surface area contributed by atoms with Crippen molar-refractivity contribution in [1.29, 1.82) is 0 Å². The van der Waals surface area contributed by atoms with Crippen LogP contribution in [0.2, 0.25) is 0 Å². The van der Waals surface area contributed by atoms with Crippen molar-refractivity contribution in [3.8, 4) is 11.5 Å². The molecular weight excluding hydrogens is 462 g/mol. The summed E-state index contributed by atoms with van der Waals surface area (Å²) in [5, 5.41) is 1.94. The molecule has 0 N–H and O–H groups in total. The Morgan fingerprint density at radius 3 is 2.66 bits per heavy atom. The minimum absolute atomic E-state index is 0.0220. The highest BCUT2D eigenvalue weighted by atomic mass is 79.9. The van der Waals surface area contributed by atoms with Crippen LogP contribution in [0.15, 0.2) is 56.9 Å². The molecule has 9 heteroatoms. The molecule has 0 spiro atoms. The van der Waals surface area contributed by atoms with Crippen LogP contribution in [-0.2, 0) is 16.1 Å². The molecule has 1 aromatic carbocycles. The average Bonchev–Trinajstić information content (AvgIpc) is 3.41. The minimum atomic E-state index is -0.706. The van der Waals surface area contributed by atoms with Gasteiger partial charge < -0.3 is 23.5 Å². The summed E-state index contributed by atoms with van der Waals surface area (Å²) in [6, 6.07) is 12.2. The van der Waals surface area contributed by atoms with E-state index in [4.69, 9.17) is 18.6 Å². The molecule has 150 valence electrons. The quantitative estimate of drug-likeness (QED) is 0.493. The van der Waals surface area contributed by atoms with E-state index >= 15 is 0 Å². The van der Waals surface area contributed by atoms with E-state index in [2.05, 4.69) is 15.9 Å². The molecular formula is C20H16BrNO6S. The van der Waals surface area contributed by atoms with Crippen LogP contribution in [0, 0.1) is 0 Å². The topological polar surface area (TPSA) is 78.2 Å². The van der Waals surface area contributed by atoms with Crippen LogP contribution in [0.5, 0.6) is 11.5 Å². The van der Waals surface area contributed by atoms with Gasteiger partial charge in [0.05, 0.1) is 6.54 Å². The predicted molar refractivity (Wildman–Crippen MR) is 110 cm³/mol. The summed E-state index contributed by atoms with van der Waals surface area (Å²) < 4.78 is 21.9. The molecule has 29 heavy (non-hydrogen) atoms. The first-order chi connectivity index (χ1) is 14.1. The van der Waals surface area contributed by atoms with Crippen molar-refractivity contribution in [3.63, 3.8) is 0 Å². The summed E-state index contributed by atoms with van der Waals surface area (Å²) in [5.74, 6) is 0.165. The van der Waals surface area contributed by atoms with Crippen LogP contribution in [0.4, 0.5) is 5.69 Å². The Bertz CT molecular complexity index is 1020. The maximum atomic E-state index is 12.9. The first kappa shape index (κ1) is 19.5. The Morgan fingerprint density at radius 1 is 1.10 bits per heavy atom. The van der Waals surface area contributed by atoms with Gasteiger partial charge in [-0.25, -0.2) is 4.79 Å². The van der Waals surface area contributed by atoms with Crippen molar-refractivity contribution in [2.75, 3.05) is 24.7 Å². The largest absolute Gasteiger partial charge is 0.486 e. The number of esters is 1. The van der Waals surface area contributed by atoms with E-state index in [1.54, 1.807) is 29.2 Å². The lowest BCUT2D eigenvalue weighted by molar-refractivity contribution is -0.121. The average molecular weight is 478 g/mol. The van der Waals surface area contributed by atoms with Gasteiger partial charge in [-0.1, -0.05) is 6.07 Å². The zero-order chi connectivity index (χ0) is 20.2. The van der Waals surface area contributed by atoms with Crippen molar-refractivity contribution < 1.29 is 28.2 Å². The maximum absolute atomic E-state index is 12.9. The van der Waals surface area contributed by atoms with Gasteiger partial charge in [0.1, 0.15) is 13.2 Å². The van der Waals surface area contributed by atoms with Gasteiger partial charge in [-0.15, -0.1) is 11.3 Å². The van der Waals surface area contributed by atoms with Crippen LogP contribution in [0.25, 0.3) is 0 Å². The molecule has 7 nitrogen and oxygen atoms in total. The summed E-state index contributed by atoms with van der Waals surface area (Å²) >= 11 is 4.67. The molecule has 0 fully saturated rings. The van der Waals surface area contributed by atoms with E-state index in [1.807, 2.05) is 17.5 Å². The fraction of sp³-hybridized carbons (Fsp3) is 0.200. The van der Waals surface area contributed by atoms with Crippen LogP contribution >= 0.6 is 27.3 Å². The molecule has 3 aromatic rings. The van der Waals surface area contributed by atoms with Crippen molar-refractivity contribution in [2.45, 2.75) is 6.54 Å². The van der Waals surface area contributed by atoms with E-state index in [1.165, 1.54) is 17.4 Å². The summed E-state index contributed by atoms with van der Waals surface area (Å²) in [5.41, 5.74) is 0.629. The van der Waals surface area contributed by atoms with E-state index in [0.717, 1.165) is 4.88 Å². The molecule has 0 radical (unpaired) electrons. The van der Waals surface area contributed by atoms with Gasteiger partial charge in [0, 0.05) is 16.6 Å². The molecule has 0 atom stereocenters. The lowest BCUT2D eigenvalue weighted by Gasteiger charge is -2.25. The number of amides is 1. The number of hydrogen-bond donors (Lipinski definition) is 0. The number of nitrogens with zero attached hydrogens (tertiary/aromatic N) is 1. The lowest BCUT2D eigenvalue weighted by Crippen LogP contribution is -2.34. The number of thiophene rings is 1. The second kappa shape index (κ2) is 8.71. The molecule has 1 aliphatic rings. The van der Waals surface area contributed by atoms with E-state index in [0.29, 0.717) is 41.6 Å². The van der Waals surface area contributed by atoms with Crippen molar-refractivity contribution in [1.82, 2.24) is 0 Å². The number of halogens is 1. The number of ether oxygens (including phenoxy) is 3. The third-order valence-electron chi connectivity index (χ3n) is 4.13. The van der Waals surface area contributed by atoms with Gasteiger partial charge in [-0.2, -0.15) is 0 Å². The molecule has 1 aliphatic heterocycles. The van der Waals surface area contributed by atoms with Crippen LogP contribution < -0.4 is 14.4 Å². The van der Waals surface area contributed by atoms with Gasteiger partial charge in [0.2, 0.25) is 5.76 Å². The molecule has 4 rings (SSSR count). The molecule has 1 amide bonds. The van der Waals surface area contributed by atoms with Crippen LogP contribution in [-0.4, -0.2) is 31.7 Å². The van der Waals surface area contributed by atoms with Gasteiger partial charge >= 0.3 is 5.97 Å². The predicted octanol–water partition coefficient (Wildman–Crippen LogP) is 4.27. The van der Waals surface area contributed by atoms with Gasteiger partial charge in [-0.3, -0.25) is 4.79 Å². The first-order valence-electron chi connectivity index (χ1n) is 8.75. The Hall–Kier alpha value is -2.78. The smallest absolute Gasteiger partial charge is 0.374 e. The fourth-order valence-corrected chi connectivity index (χ4v) is 3.78. The van der Waals surface area contributed by atoms with Crippen LogP contribution in [0.3, 0.4) is 0 Å². The highest BCUT2D eigenvalue weighted by Gasteiger charge is 2.22. The normalized spacial score (nSPS) is 12.4. The summed E-state index contributed by atoms with van der Waals surface area (Å²) in [7, 11) is 0. The molecule has 0 saturated carbocycles. The number of benzene rings is 1. The molecule has 0 unspecified atom stereocenters. The first-order valence-corrected chi connectivity index (χ1v) is 10.4. The maximum Gasteiger partial charge on any atom is 0.374 e. The monoisotopic (exact) mass is 477 g/mol. The number of fused-ring (bicyclic) bond motifs is 1. The van der Waals surface area contributed by atoms with E-state index in [9.17, 15) is 9.59 Å². The number of furan rings is 1. The Balaban J connectivity index is 1.52. The zero-order valence-corrected chi connectivity index (χ0v) is 17.5. The highest BCUT2D eigenvalue weighted by Crippen LogP contribution is 2.34.